The highest BCUT2D eigenvalue weighted by atomic mass is 16.2. The van der Waals surface area contributed by atoms with E-state index in [1.807, 2.05) is 29.2 Å². The average molecular weight is 327 g/mol. The summed E-state index contributed by atoms with van der Waals surface area (Å²) in [4.78, 5) is 30.1. The highest BCUT2D eigenvalue weighted by Gasteiger charge is 2.31. The first-order valence-corrected chi connectivity index (χ1v) is 8.10. The Morgan fingerprint density at radius 1 is 1.33 bits per heavy atom. The van der Waals surface area contributed by atoms with Crippen LogP contribution < -0.4 is 5.32 Å². The van der Waals surface area contributed by atoms with Gasteiger partial charge >= 0.3 is 0 Å². The molecule has 0 aromatic carbocycles. The number of nitrogens with zero attached hydrogens (tertiary/aromatic N) is 4. The summed E-state index contributed by atoms with van der Waals surface area (Å²) in [6.07, 6.45) is 5.33. The van der Waals surface area contributed by atoms with Gasteiger partial charge in [-0.3, -0.25) is 19.3 Å². The third kappa shape index (κ3) is 3.79. The first kappa shape index (κ1) is 16.2. The second kappa shape index (κ2) is 7.25. The molecule has 1 saturated heterocycles. The number of hydrogen-bond acceptors (Lipinski definition) is 4. The molecule has 24 heavy (non-hydrogen) atoms. The Morgan fingerprint density at radius 3 is 2.96 bits per heavy atom. The smallest absolute Gasteiger partial charge is 0.244 e. The van der Waals surface area contributed by atoms with Gasteiger partial charge in [0.2, 0.25) is 11.8 Å². The minimum Gasteiger partial charge on any atom is -0.351 e. The van der Waals surface area contributed by atoms with Gasteiger partial charge in [-0.25, -0.2) is 0 Å². The first-order valence-electron chi connectivity index (χ1n) is 8.10. The topological polar surface area (TPSA) is 80.1 Å². The number of pyridine rings is 1. The molecule has 7 nitrogen and oxygen atoms in total. The van der Waals surface area contributed by atoms with Crippen LogP contribution in [0.1, 0.15) is 37.2 Å². The molecule has 7 heteroatoms. The molecule has 3 heterocycles. The van der Waals surface area contributed by atoms with Crippen LogP contribution in [0.2, 0.25) is 0 Å². The summed E-state index contributed by atoms with van der Waals surface area (Å²) in [6, 6.07) is 7.55. The maximum absolute atomic E-state index is 12.6. The van der Waals surface area contributed by atoms with Crippen molar-refractivity contribution in [2.45, 2.75) is 38.9 Å². The number of carbonyl (C=O) groups excluding carboxylic acids is 2. The quantitative estimate of drug-likeness (QED) is 0.897. The molecule has 0 saturated carbocycles. The lowest BCUT2D eigenvalue weighted by atomic mass is 10.1. The van der Waals surface area contributed by atoms with E-state index in [1.54, 1.807) is 17.1 Å². The summed E-state index contributed by atoms with van der Waals surface area (Å²) in [7, 11) is 0. The second-order valence-electron chi connectivity index (χ2n) is 5.91. The van der Waals surface area contributed by atoms with E-state index in [0.29, 0.717) is 6.54 Å². The molecular formula is C17H21N5O2. The van der Waals surface area contributed by atoms with Crippen LogP contribution in [0.15, 0.2) is 36.7 Å². The molecule has 0 radical (unpaired) electrons. The molecule has 2 amide bonds. The summed E-state index contributed by atoms with van der Waals surface area (Å²) in [5, 5.41) is 6.84. The van der Waals surface area contributed by atoms with Crippen LogP contribution in [0.5, 0.6) is 0 Å². The molecule has 2 aromatic rings. The van der Waals surface area contributed by atoms with E-state index >= 15 is 0 Å². The van der Waals surface area contributed by atoms with Crippen LogP contribution in [0.3, 0.4) is 0 Å². The Bertz CT molecular complexity index is 714. The van der Waals surface area contributed by atoms with Crippen molar-refractivity contribution in [2.75, 3.05) is 6.54 Å². The fraction of sp³-hybridized carbons (Fsp3) is 0.412. The van der Waals surface area contributed by atoms with Crippen molar-refractivity contribution < 1.29 is 9.59 Å². The number of nitrogens with one attached hydrogen (secondary N) is 1. The maximum Gasteiger partial charge on any atom is 0.244 e. The van der Waals surface area contributed by atoms with Crippen molar-refractivity contribution in [1.29, 1.82) is 0 Å². The molecule has 0 unspecified atom stereocenters. The highest BCUT2D eigenvalue weighted by Crippen LogP contribution is 2.31. The van der Waals surface area contributed by atoms with E-state index in [2.05, 4.69) is 15.4 Å². The number of amides is 2. The molecule has 1 atom stereocenters. The first-order chi connectivity index (χ1) is 11.6. The van der Waals surface area contributed by atoms with E-state index in [-0.39, 0.29) is 24.4 Å². The van der Waals surface area contributed by atoms with Gasteiger partial charge in [0.05, 0.1) is 24.0 Å². The molecule has 0 spiro atoms. The number of rotatable bonds is 5. The number of aromatic nitrogens is 3. The minimum atomic E-state index is -0.0842. The molecule has 126 valence electrons. The van der Waals surface area contributed by atoms with Gasteiger partial charge in [-0.15, -0.1) is 0 Å². The summed E-state index contributed by atoms with van der Waals surface area (Å²) in [6.45, 7) is 2.87. The van der Waals surface area contributed by atoms with Crippen molar-refractivity contribution in [3.63, 3.8) is 0 Å². The number of hydrogen-bond donors (Lipinski definition) is 1. The zero-order valence-electron chi connectivity index (χ0n) is 13.7. The van der Waals surface area contributed by atoms with Gasteiger partial charge in [-0.1, -0.05) is 6.07 Å². The number of carbonyl (C=O) groups is 2. The van der Waals surface area contributed by atoms with E-state index in [4.69, 9.17) is 0 Å². The summed E-state index contributed by atoms with van der Waals surface area (Å²) in [5.74, 6) is -0.0330. The summed E-state index contributed by atoms with van der Waals surface area (Å²) < 4.78 is 1.64. The Kier molecular flexibility index (Phi) is 4.88. The van der Waals surface area contributed by atoms with Gasteiger partial charge in [0.1, 0.15) is 6.54 Å². The lowest BCUT2D eigenvalue weighted by Gasteiger charge is -2.24. The highest BCUT2D eigenvalue weighted by molar-refractivity contribution is 5.76. The van der Waals surface area contributed by atoms with E-state index in [1.165, 1.54) is 6.92 Å². The Morgan fingerprint density at radius 2 is 2.21 bits per heavy atom. The monoisotopic (exact) mass is 327 g/mol. The molecular weight excluding hydrogens is 306 g/mol. The van der Waals surface area contributed by atoms with Gasteiger partial charge in [-0.2, -0.15) is 5.10 Å². The van der Waals surface area contributed by atoms with Gasteiger partial charge in [0.25, 0.3) is 0 Å². The molecule has 2 aromatic heterocycles. The molecule has 1 fully saturated rings. The third-order valence-electron chi connectivity index (χ3n) is 4.12. The minimum absolute atomic E-state index is 0.00894. The molecule has 1 N–H and O–H groups in total. The van der Waals surface area contributed by atoms with E-state index < -0.39 is 0 Å². The van der Waals surface area contributed by atoms with Crippen LogP contribution in [-0.2, 0) is 22.7 Å². The Labute approximate surface area is 140 Å². The van der Waals surface area contributed by atoms with Gasteiger partial charge < -0.3 is 10.2 Å². The third-order valence-corrected chi connectivity index (χ3v) is 4.12. The molecule has 1 aliphatic heterocycles. The maximum atomic E-state index is 12.6. The molecule has 0 aliphatic carbocycles. The predicted octanol–water partition coefficient (Wildman–Crippen LogP) is 1.28. The second-order valence-corrected chi connectivity index (χ2v) is 5.91. The van der Waals surface area contributed by atoms with Crippen LogP contribution in [0, 0.1) is 0 Å². The Balaban J connectivity index is 1.71. The lowest BCUT2D eigenvalue weighted by molar-refractivity contribution is -0.133. The van der Waals surface area contributed by atoms with Crippen molar-refractivity contribution >= 4 is 11.8 Å². The standard InChI is InChI=1S/C17H21N5O2/c1-13(23)18-11-14-5-2-6-15(20-14)16-7-3-10-22(16)17(24)12-21-9-4-8-19-21/h2,4-6,8-9,16H,3,7,10-12H2,1H3,(H,18,23)/t16-/m0/s1. The van der Waals surface area contributed by atoms with Crippen molar-refractivity contribution in [3.8, 4) is 0 Å². The van der Waals surface area contributed by atoms with Crippen molar-refractivity contribution in [1.82, 2.24) is 25.0 Å². The SMILES string of the molecule is CC(=O)NCc1cccc([C@@H]2CCCN2C(=O)Cn2cccn2)n1. The van der Waals surface area contributed by atoms with Gasteiger partial charge in [0, 0.05) is 25.9 Å². The van der Waals surface area contributed by atoms with Gasteiger partial charge in [0.15, 0.2) is 0 Å². The van der Waals surface area contributed by atoms with Crippen LogP contribution >= 0.6 is 0 Å². The normalized spacial score (nSPS) is 17.0. The largest absolute Gasteiger partial charge is 0.351 e. The van der Waals surface area contributed by atoms with Crippen LogP contribution in [0.4, 0.5) is 0 Å². The van der Waals surface area contributed by atoms with E-state index in [9.17, 15) is 9.59 Å². The van der Waals surface area contributed by atoms with Crippen molar-refractivity contribution in [3.05, 3.63) is 48.0 Å². The molecule has 3 rings (SSSR count). The summed E-state index contributed by atoms with van der Waals surface area (Å²) >= 11 is 0. The summed E-state index contributed by atoms with van der Waals surface area (Å²) in [5.41, 5.74) is 1.68. The average Bonchev–Trinajstić information content (AvgIpc) is 3.24. The molecule has 0 bridgehead atoms. The fourth-order valence-corrected chi connectivity index (χ4v) is 2.99. The van der Waals surface area contributed by atoms with Crippen molar-refractivity contribution in [2.24, 2.45) is 0 Å². The van der Waals surface area contributed by atoms with Crippen LogP contribution in [0.25, 0.3) is 0 Å². The lowest BCUT2D eigenvalue weighted by Crippen LogP contribution is -2.34. The van der Waals surface area contributed by atoms with Gasteiger partial charge in [-0.05, 0) is 31.0 Å². The zero-order chi connectivity index (χ0) is 16.9. The van der Waals surface area contributed by atoms with Crippen LogP contribution in [-0.4, -0.2) is 38.0 Å². The predicted molar refractivity (Wildman–Crippen MR) is 87.7 cm³/mol. The fourth-order valence-electron chi connectivity index (χ4n) is 2.99. The Hall–Kier alpha value is -2.70. The molecule has 1 aliphatic rings. The zero-order valence-corrected chi connectivity index (χ0v) is 13.7. The van der Waals surface area contributed by atoms with E-state index in [0.717, 1.165) is 30.8 Å². The number of likely N-dealkylation sites (tertiary alicyclic amines) is 1.